The van der Waals surface area contributed by atoms with Gasteiger partial charge in [-0.15, -0.1) is 0 Å². The van der Waals surface area contributed by atoms with E-state index in [1.165, 1.54) is 0 Å². The fourth-order valence-electron chi connectivity index (χ4n) is 1.62. The number of rotatable bonds is 4. The van der Waals surface area contributed by atoms with Crippen molar-refractivity contribution >= 4 is 23.3 Å². The van der Waals surface area contributed by atoms with Gasteiger partial charge >= 0.3 is 11.9 Å². The zero-order valence-electron chi connectivity index (χ0n) is 11.8. The molecular formula is C14H17N3O3. The van der Waals surface area contributed by atoms with Gasteiger partial charge in [0.1, 0.15) is 6.07 Å². The summed E-state index contributed by atoms with van der Waals surface area (Å²) in [4.78, 5) is 24.8. The zero-order valence-corrected chi connectivity index (χ0v) is 11.8. The van der Waals surface area contributed by atoms with Gasteiger partial charge in [0, 0.05) is 13.6 Å². The van der Waals surface area contributed by atoms with Crippen molar-refractivity contribution in [3.63, 3.8) is 0 Å². The standard InChI is InChI=1S/C14H17N3O3/c1-4-17(3)12-8-6-7-11(10(12)9-15)16-13(18)14(19)20-5-2/h6-8H,4-5H2,1-3H3,(H,16,18). The van der Waals surface area contributed by atoms with E-state index in [0.29, 0.717) is 23.5 Å². The topological polar surface area (TPSA) is 82.4 Å². The molecule has 1 N–H and O–H groups in total. The van der Waals surface area contributed by atoms with E-state index in [1.54, 1.807) is 25.1 Å². The summed E-state index contributed by atoms with van der Waals surface area (Å²) in [5, 5.41) is 11.7. The van der Waals surface area contributed by atoms with Crippen LogP contribution in [-0.2, 0) is 14.3 Å². The Kier molecular flexibility index (Phi) is 5.54. The molecule has 0 aliphatic heterocycles. The largest absolute Gasteiger partial charge is 0.459 e. The fourth-order valence-corrected chi connectivity index (χ4v) is 1.62. The van der Waals surface area contributed by atoms with Crippen LogP contribution in [0.1, 0.15) is 19.4 Å². The molecule has 1 amide bonds. The molecule has 0 bridgehead atoms. The molecule has 1 aromatic rings. The van der Waals surface area contributed by atoms with Crippen LogP contribution in [0.25, 0.3) is 0 Å². The van der Waals surface area contributed by atoms with E-state index in [9.17, 15) is 14.9 Å². The number of hydrogen-bond acceptors (Lipinski definition) is 5. The average molecular weight is 275 g/mol. The molecule has 0 aromatic heterocycles. The molecule has 1 rings (SSSR count). The Morgan fingerprint density at radius 1 is 1.40 bits per heavy atom. The lowest BCUT2D eigenvalue weighted by Crippen LogP contribution is -2.26. The lowest BCUT2D eigenvalue weighted by Gasteiger charge is -2.19. The molecule has 0 spiro atoms. The number of hydrogen-bond donors (Lipinski definition) is 1. The molecule has 0 aliphatic rings. The van der Waals surface area contributed by atoms with E-state index in [1.807, 2.05) is 24.9 Å². The number of esters is 1. The van der Waals surface area contributed by atoms with Crippen LogP contribution in [0.15, 0.2) is 18.2 Å². The third-order valence-electron chi connectivity index (χ3n) is 2.75. The first-order valence-corrected chi connectivity index (χ1v) is 6.27. The van der Waals surface area contributed by atoms with Gasteiger partial charge in [-0.1, -0.05) is 6.07 Å². The van der Waals surface area contributed by atoms with Crippen molar-refractivity contribution in [2.75, 3.05) is 30.4 Å². The number of benzene rings is 1. The molecule has 6 heteroatoms. The van der Waals surface area contributed by atoms with Crippen molar-refractivity contribution in [2.24, 2.45) is 0 Å². The predicted octanol–water partition coefficient (Wildman–Crippen LogP) is 1.52. The van der Waals surface area contributed by atoms with Crippen LogP contribution in [0, 0.1) is 11.3 Å². The maximum atomic E-state index is 11.6. The van der Waals surface area contributed by atoms with Crippen molar-refractivity contribution in [3.8, 4) is 6.07 Å². The molecular weight excluding hydrogens is 258 g/mol. The van der Waals surface area contributed by atoms with Gasteiger partial charge in [-0.25, -0.2) is 4.79 Å². The molecule has 0 heterocycles. The summed E-state index contributed by atoms with van der Waals surface area (Å²) in [6, 6.07) is 7.11. The monoisotopic (exact) mass is 275 g/mol. The van der Waals surface area contributed by atoms with E-state index in [-0.39, 0.29) is 6.61 Å². The molecule has 20 heavy (non-hydrogen) atoms. The van der Waals surface area contributed by atoms with Crippen LogP contribution in [-0.4, -0.2) is 32.1 Å². The second-order valence-electron chi connectivity index (χ2n) is 4.00. The molecule has 0 aliphatic carbocycles. The van der Waals surface area contributed by atoms with Gasteiger partial charge in [-0.3, -0.25) is 4.79 Å². The Bertz CT molecular complexity index is 549. The maximum absolute atomic E-state index is 11.6. The van der Waals surface area contributed by atoms with E-state index >= 15 is 0 Å². The van der Waals surface area contributed by atoms with Gasteiger partial charge in [0.05, 0.1) is 23.5 Å². The van der Waals surface area contributed by atoms with Crippen LogP contribution < -0.4 is 10.2 Å². The molecule has 106 valence electrons. The molecule has 0 radical (unpaired) electrons. The normalized spacial score (nSPS) is 9.50. The van der Waals surface area contributed by atoms with Crippen molar-refractivity contribution in [1.29, 1.82) is 5.26 Å². The lowest BCUT2D eigenvalue weighted by atomic mass is 10.1. The molecule has 0 atom stereocenters. The Balaban J connectivity index is 3.05. The van der Waals surface area contributed by atoms with Crippen LogP contribution in [0.2, 0.25) is 0 Å². The van der Waals surface area contributed by atoms with E-state index in [2.05, 4.69) is 10.1 Å². The number of carbonyl (C=O) groups is 2. The fraction of sp³-hybridized carbons (Fsp3) is 0.357. The highest BCUT2D eigenvalue weighted by atomic mass is 16.5. The Morgan fingerprint density at radius 2 is 2.10 bits per heavy atom. The zero-order chi connectivity index (χ0) is 15.1. The maximum Gasteiger partial charge on any atom is 0.397 e. The van der Waals surface area contributed by atoms with Gasteiger partial charge in [-0.05, 0) is 26.0 Å². The Hall–Kier alpha value is -2.55. The smallest absolute Gasteiger partial charge is 0.397 e. The Morgan fingerprint density at radius 3 is 2.65 bits per heavy atom. The van der Waals surface area contributed by atoms with Gasteiger partial charge in [0.2, 0.25) is 0 Å². The second kappa shape index (κ2) is 7.14. The van der Waals surface area contributed by atoms with Crippen molar-refractivity contribution in [1.82, 2.24) is 0 Å². The van der Waals surface area contributed by atoms with Crippen molar-refractivity contribution in [2.45, 2.75) is 13.8 Å². The van der Waals surface area contributed by atoms with Gasteiger partial charge in [-0.2, -0.15) is 5.26 Å². The van der Waals surface area contributed by atoms with E-state index in [4.69, 9.17) is 0 Å². The average Bonchev–Trinajstić information content (AvgIpc) is 2.46. The summed E-state index contributed by atoms with van der Waals surface area (Å²) < 4.78 is 4.60. The number of nitriles is 1. The van der Waals surface area contributed by atoms with Crippen molar-refractivity contribution < 1.29 is 14.3 Å². The molecule has 1 aromatic carbocycles. The lowest BCUT2D eigenvalue weighted by molar-refractivity contribution is -0.152. The first-order valence-electron chi connectivity index (χ1n) is 6.27. The molecule has 0 unspecified atom stereocenters. The highest BCUT2D eigenvalue weighted by molar-refractivity contribution is 6.37. The number of anilines is 2. The number of carbonyl (C=O) groups excluding carboxylic acids is 2. The second-order valence-corrected chi connectivity index (χ2v) is 4.00. The number of amides is 1. The molecule has 0 saturated carbocycles. The minimum Gasteiger partial charge on any atom is -0.459 e. The molecule has 0 saturated heterocycles. The number of nitrogens with zero attached hydrogens (tertiary/aromatic N) is 2. The summed E-state index contributed by atoms with van der Waals surface area (Å²) in [6.07, 6.45) is 0. The van der Waals surface area contributed by atoms with Crippen LogP contribution in [0.4, 0.5) is 11.4 Å². The Labute approximate surface area is 117 Å². The molecule has 0 fully saturated rings. The third-order valence-corrected chi connectivity index (χ3v) is 2.75. The van der Waals surface area contributed by atoms with Gasteiger partial charge in [0.15, 0.2) is 0 Å². The number of nitrogens with one attached hydrogen (secondary N) is 1. The highest BCUT2D eigenvalue weighted by Gasteiger charge is 2.18. The van der Waals surface area contributed by atoms with E-state index in [0.717, 1.165) is 0 Å². The van der Waals surface area contributed by atoms with Crippen LogP contribution in [0.5, 0.6) is 0 Å². The summed E-state index contributed by atoms with van der Waals surface area (Å²) >= 11 is 0. The van der Waals surface area contributed by atoms with Crippen LogP contribution in [0.3, 0.4) is 0 Å². The van der Waals surface area contributed by atoms with Gasteiger partial charge in [0.25, 0.3) is 0 Å². The van der Waals surface area contributed by atoms with E-state index < -0.39 is 11.9 Å². The highest BCUT2D eigenvalue weighted by Crippen LogP contribution is 2.26. The summed E-state index contributed by atoms with van der Waals surface area (Å²) in [6.45, 7) is 4.40. The van der Waals surface area contributed by atoms with Crippen LogP contribution >= 0.6 is 0 Å². The summed E-state index contributed by atoms with van der Waals surface area (Å²) in [7, 11) is 1.84. The summed E-state index contributed by atoms with van der Waals surface area (Å²) in [5.41, 5.74) is 1.30. The summed E-state index contributed by atoms with van der Waals surface area (Å²) in [5.74, 6) is -1.86. The third kappa shape index (κ3) is 3.48. The minimum atomic E-state index is -0.967. The SMILES string of the molecule is CCOC(=O)C(=O)Nc1cccc(N(C)CC)c1C#N. The first-order chi connectivity index (χ1) is 9.54. The quantitative estimate of drug-likeness (QED) is 0.665. The van der Waals surface area contributed by atoms with Crippen molar-refractivity contribution in [3.05, 3.63) is 23.8 Å². The predicted molar refractivity (Wildman–Crippen MR) is 75.4 cm³/mol. The first kappa shape index (κ1) is 15.5. The number of ether oxygens (including phenoxy) is 1. The van der Waals surface area contributed by atoms with Gasteiger partial charge < -0.3 is 15.0 Å². The minimum absolute atomic E-state index is 0.121. The molecule has 6 nitrogen and oxygen atoms in total.